The van der Waals surface area contributed by atoms with Crippen LogP contribution in [-0.2, 0) is 14.3 Å². The van der Waals surface area contributed by atoms with Gasteiger partial charge in [0, 0.05) is 18.7 Å². The SMILES string of the molecule is COC(=O)c1ccccc1N1CC(C(=O)Nc2c(C)cc(C)cc2C)CC1=O. The van der Waals surface area contributed by atoms with Crippen molar-refractivity contribution >= 4 is 29.2 Å². The number of nitrogens with zero attached hydrogens (tertiary/aromatic N) is 1. The molecule has 6 heteroatoms. The number of benzene rings is 2. The van der Waals surface area contributed by atoms with E-state index in [4.69, 9.17) is 4.74 Å². The van der Waals surface area contributed by atoms with E-state index in [0.717, 1.165) is 22.4 Å². The smallest absolute Gasteiger partial charge is 0.339 e. The van der Waals surface area contributed by atoms with Gasteiger partial charge in [0.05, 0.1) is 24.3 Å². The average Bonchev–Trinajstić information content (AvgIpc) is 3.05. The molecule has 1 unspecified atom stereocenters. The monoisotopic (exact) mass is 380 g/mol. The van der Waals surface area contributed by atoms with Crippen LogP contribution >= 0.6 is 0 Å². The van der Waals surface area contributed by atoms with E-state index in [1.165, 1.54) is 12.0 Å². The molecule has 0 saturated carbocycles. The van der Waals surface area contributed by atoms with E-state index < -0.39 is 11.9 Å². The molecule has 2 aromatic carbocycles. The van der Waals surface area contributed by atoms with Gasteiger partial charge in [-0.05, 0) is 44.0 Å². The highest BCUT2D eigenvalue weighted by atomic mass is 16.5. The summed E-state index contributed by atoms with van der Waals surface area (Å²) in [5.41, 5.74) is 4.68. The van der Waals surface area contributed by atoms with E-state index in [9.17, 15) is 14.4 Å². The van der Waals surface area contributed by atoms with Crippen molar-refractivity contribution in [3.05, 3.63) is 58.7 Å². The Morgan fingerprint density at radius 2 is 1.75 bits per heavy atom. The molecule has 1 saturated heterocycles. The van der Waals surface area contributed by atoms with E-state index in [0.29, 0.717) is 11.3 Å². The molecule has 0 spiro atoms. The zero-order valence-corrected chi connectivity index (χ0v) is 16.5. The standard InChI is InChI=1S/C22H24N2O4/c1-13-9-14(2)20(15(3)10-13)23-21(26)16-11-19(25)24(12-16)18-8-6-5-7-17(18)22(27)28-4/h5-10,16H,11-12H2,1-4H3,(H,23,26). The van der Waals surface area contributed by atoms with Crippen LogP contribution in [0.15, 0.2) is 36.4 Å². The maximum atomic E-state index is 12.8. The molecule has 1 atom stereocenters. The van der Waals surface area contributed by atoms with Crippen molar-refractivity contribution in [1.29, 1.82) is 0 Å². The van der Waals surface area contributed by atoms with E-state index in [-0.39, 0.29) is 24.8 Å². The number of hydrogen-bond donors (Lipinski definition) is 1. The van der Waals surface area contributed by atoms with Gasteiger partial charge in [-0.25, -0.2) is 4.79 Å². The highest BCUT2D eigenvalue weighted by Crippen LogP contribution is 2.30. The highest BCUT2D eigenvalue weighted by Gasteiger charge is 2.36. The summed E-state index contributed by atoms with van der Waals surface area (Å²) in [6.07, 6.45) is 0.102. The number of carbonyl (C=O) groups excluding carboxylic acids is 3. The maximum absolute atomic E-state index is 12.8. The number of aryl methyl sites for hydroxylation is 3. The van der Waals surface area contributed by atoms with E-state index in [2.05, 4.69) is 5.32 Å². The maximum Gasteiger partial charge on any atom is 0.339 e. The van der Waals surface area contributed by atoms with Gasteiger partial charge in [-0.15, -0.1) is 0 Å². The lowest BCUT2D eigenvalue weighted by Gasteiger charge is -2.20. The molecule has 2 amide bonds. The third kappa shape index (κ3) is 3.76. The molecule has 6 nitrogen and oxygen atoms in total. The first kappa shape index (κ1) is 19.6. The molecule has 3 rings (SSSR count). The number of esters is 1. The first-order chi connectivity index (χ1) is 13.3. The van der Waals surface area contributed by atoms with Crippen molar-refractivity contribution in [3.63, 3.8) is 0 Å². The lowest BCUT2D eigenvalue weighted by atomic mass is 10.0. The van der Waals surface area contributed by atoms with Gasteiger partial charge in [0.15, 0.2) is 0 Å². The van der Waals surface area contributed by atoms with Crippen LogP contribution in [-0.4, -0.2) is 31.4 Å². The van der Waals surface area contributed by atoms with Gasteiger partial charge in [-0.2, -0.15) is 0 Å². The summed E-state index contributed by atoms with van der Waals surface area (Å²) in [6, 6.07) is 10.8. The fourth-order valence-electron chi connectivity index (χ4n) is 3.71. The van der Waals surface area contributed by atoms with Crippen LogP contribution < -0.4 is 10.2 Å². The van der Waals surface area contributed by atoms with Crippen LogP contribution in [0.3, 0.4) is 0 Å². The Labute approximate surface area is 164 Å². The topological polar surface area (TPSA) is 75.7 Å². The van der Waals surface area contributed by atoms with Crippen molar-refractivity contribution in [2.75, 3.05) is 23.9 Å². The van der Waals surface area contributed by atoms with Gasteiger partial charge in [0.1, 0.15) is 0 Å². The first-order valence-corrected chi connectivity index (χ1v) is 9.18. The van der Waals surface area contributed by atoms with Gasteiger partial charge in [-0.3, -0.25) is 9.59 Å². The van der Waals surface area contributed by atoms with Crippen LogP contribution in [0.4, 0.5) is 11.4 Å². The second-order valence-electron chi connectivity index (χ2n) is 7.18. The molecule has 1 aliphatic rings. The van der Waals surface area contributed by atoms with Crippen LogP contribution in [0.25, 0.3) is 0 Å². The number of para-hydroxylation sites is 1. The molecular formula is C22H24N2O4. The van der Waals surface area contributed by atoms with E-state index >= 15 is 0 Å². The normalized spacial score (nSPS) is 16.2. The number of anilines is 2. The fourth-order valence-corrected chi connectivity index (χ4v) is 3.71. The summed E-state index contributed by atoms with van der Waals surface area (Å²) in [4.78, 5) is 38.9. The predicted molar refractivity (Wildman–Crippen MR) is 108 cm³/mol. The molecule has 2 aromatic rings. The molecule has 1 heterocycles. The Balaban J connectivity index is 1.80. The third-order valence-electron chi connectivity index (χ3n) is 5.02. The summed E-state index contributed by atoms with van der Waals surface area (Å²) in [5.74, 6) is -1.38. The average molecular weight is 380 g/mol. The predicted octanol–water partition coefficient (Wildman–Crippen LogP) is 3.39. The van der Waals surface area contributed by atoms with Crippen molar-refractivity contribution < 1.29 is 19.1 Å². The fraction of sp³-hybridized carbons (Fsp3) is 0.318. The van der Waals surface area contributed by atoms with Crippen molar-refractivity contribution in [2.45, 2.75) is 27.2 Å². The van der Waals surface area contributed by atoms with Crippen molar-refractivity contribution in [1.82, 2.24) is 0 Å². The zero-order chi connectivity index (χ0) is 20.4. The lowest BCUT2D eigenvalue weighted by Crippen LogP contribution is -2.29. The van der Waals surface area contributed by atoms with Gasteiger partial charge in [0.2, 0.25) is 11.8 Å². The van der Waals surface area contributed by atoms with Crippen LogP contribution in [0.1, 0.15) is 33.5 Å². The minimum absolute atomic E-state index is 0.102. The summed E-state index contributed by atoms with van der Waals surface area (Å²) >= 11 is 0. The molecular weight excluding hydrogens is 356 g/mol. The number of hydrogen-bond acceptors (Lipinski definition) is 4. The molecule has 1 N–H and O–H groups in total. The molecule has 0 bridgehead atoms. The Hall–Kier alpha value is -3.15. The third-order valence-corrected chi connectivity index (χ3v) is 5.02. The lowest BCUT2D eigenvalue weighted by molar-refractivity contribution is -0.122. The summed E-state index contributed by atoms with van der Waals surface area (Å²) < 4.78 is 4.80. The van der Waals surface area contributed by atoms with Gasteiger partial charge >= 0.3 is 5.97 Å². The van der Waals surface area contributed by atoms with Crippen LogP contribution in [0.2, 0.25) is 0 Å². The second kappa shape index (κ2) is 7.84. The van der Waals surface area contributed by atoms with Crippen LogP contribution in [0, 0.1) is 26.7 Å². The first-order valence-electron chi connectivity index (χ1n) is 9.18. The Bertz CT molecular complexity index is 928. The number of rotatable bonds is 4. The Kier molecular flexibility index (Phi) is 5.49. The summed E-state index contributed by atoms with van der Waals surface area (Å²) in [7, 11) is 1.30. The van der Waals surface area contributed by atoms with E-state index in [1.54, 1.807) is 24.3 Å². The Morgan fingerprint density at radius 3 is 2.39 bits per heavy atom. The molecule has 1 aliphatic heterocycles. The molecule has 0 radical (unpaired) electrons. The number of amides is 2. The quantitative estimate of drug-likeness (QED) is 0.825. The van der Waals surface area contributed by atoms with E-state index in [1.807, 2.05) is 32.9 Å². The zero-order valence-electron chi connectivity index (χ0n) is 16.5. The number of nitrogens with one attached hydrogen (secondary N) is 1. The van der Waals surface area contributed by atoms with Gasteiger partial charge < -0.3 is 15.0 Å². The largest absolute Gasteiger partial charge is 0.465 e. The second-order valence-corrected chi connectivity index (χ2v) is 7.18. The number of methoxy groups -OCH3 is 1. The highest BCUT2D eigenvalue weighted by molar-refractivity contribution is 6.07. The molecule has 0 aromatic heterocycles. The summed E-state index contributed by atoms with van der Waals surface area (Å²) in [5, 5.41) is 2.98. The number of carbonyl (C=O) groups is 3. The van der Waals surface area contributed by atoms with Crippen molar-refractivity contribution in [2.24, 2.45) is 5.92 Å². The Morgan fingerprint density at radius 1 is 1.11 bits per heavy atom. The molecule has 28 heavy (non-hydrogen) atoms. The molecule has 146 valence electrons. The molecule has 1 fully saturated rings. The summed E-state index contributed by atoms with van der Waals surface area (Å²) in [6.45, 7) is 6.14. The minimum Gasteiger partial charge on any atom is -0.465 e. The molecule has 0 aliphatic carbocycles. The van der Waals surface area contributed by atoms with Crippen molar-refractivity contribution in [3.8, 4) is 0 Å². The van der Waals surface area contributed by atoms with Crippen LogP contribution in [0.5, 0.6) is 0 Å². The minimum atomic E-state index is -0.512. The van der Waals surface area contributed by atoms with Gasteiger partial charge in [-0.1, -0.05) is 29.8 Å². The van der Waals surface area contributed by atoms with Gasteiger partial charge in [0.25, 0.3) is 0 Å². The number of ether oxygens (including phenoxy) is 1.